The number of pyridine rings is 1. The van der Waals surface area contributed by atoms with Crippen molar-refractivity contribution in [2.24, 2.45) is 0 Å². The van der Waals surface area contributed by atoms with Crippen molar-refractivity contribution in [3.05, 3.63) is 63.1 Å². The van der Waals surface area contributed by atoms with Gasteiger partial charge in [0.05, 0.1) is 6.54 Å². The van der Waals surface area contributed by atoms with E-state index in [1.165, 1.54) is 16.8 Å². The van der Waals surface area contributed by atoms with E-state index in [1.54, 1.807) is 4.90 Å². The Kier molecular flexibility index (Phi) is 4.14. The molecule has 3 unspecified atom stereocenters. The second-order valence-electron chi connectivity index (χ2n) is 7.77. The van der Waals surface area contributed by atoms with Gasteiger partial charge in [-0.15, -0.1) is 0 Å². The van der Waals surface area contributed by atoms with Gasteiger partial charge in [0.15, 0.2) is 11.4 Å². The number of carbonyl (C=O) groups is 2. The number of hydrogen-bond donors (Lipinski definition) is 2. The van der Waals surface area contributed by atoms with E-state index in [0.717, 1.165) is 25.6 Å². The van der Waals surface area contributed by atoms with Crippen LogP contribution >= 0.6 is 0 Å². The zero-order valence-corrected chi connectivity index (χ0v) is 15.8. The zero-order chi connectivity index (χ0) is 21.2. The van der Waals surface area contributed by atoms with Crippen LogP contribution < -0.4 is 10.7 Å². The van der Waals surface area contributed by atoms with Crippen molar-refractivity contribution < 1.29 is 23.5 Å². The average Bonchev–Trinajstić information content (AvgIpc) is 3.32. The van der Waals surface area contributed by atoms with Gasteiger partial charge in [-0.25, -0.2) is 8.78 Å². The smallest absolute Gasteiger partial charge is 0.276 e. The van der Waals surface area contributed by atoms with Crippen molar-refractivity contribution >= 4 is 11.8 Å². The molecule has 3 aliphatic heterocycles. The Morgan fingerprint density at radius 1 is 1.23 bits per heavy atom. The number of hydrogen-bond acceptors (Lipinski definition) is 5. The molecule has 156 valence electrons. The van der Waals surface area contributed by atoms with Crippen LogP contribution in [0.4, 0.5) is 8.78 Å². The van der Waals surface area contributed by atoms with Gasteiger partial charge in [0.2, 0.25) is 5.43 Å². The third-order valence-corrected chi connectivity index (χ3v) is 6.08. The lowest BCUT2D eigenvalue weighted by Crippen LogP contribution is -2.55. The standard InChI is InChI=1S/C20H18F2N4O4/c21-11-2-1-10(14(22)5-11)6-23-19(29)13-8-25-9-15-24-4-3-12(7-24)26(15)20(30)16(25)18(28)17(13)27/h1-2,5,8,12,15,28H,3-4,6-7,9H2,(H,23,29). The predicted molar refractivity (Wildman–Crippen MR) is 99.8 cm³/mol. The molecule has 3 atom stereocenters. The first-order chi connectivity index (χ1) is 14.3. The molecule has 2 fully saturated rings. The molecule has 30 heavy (non-hydrogen) atoms. The van der Waals surface area contributed by atoms with Gasteiger partial charge in [-0.3, -0.25) is 19.3 Å². The quantitative estimate of drug-likeness (QED) is 0.766. The second kappa shape index (κ2) is 6.63. The van der Waals surface area contributed by atoms with Crippen molar-refractivity contribution in [3.8, 4) is 5.75 Å². The van der Waals surface area contributed by atoms with E-state index in [1.807, 2.05) is 0 Å². The molecule has 0 spiro atoms. The van der Waals surface area contributed by atoms with Crippen LogP contribution in [0, 0.1) is 11.6 Å². The van der Waals surface area contributed by atoms with Crippen LogP contribution in [0.5, 0.6) is 5.75 Å². The van der Waals surface area contributed by atoms with E-state index in [0.29, 0.717) is 12.6 Å². The van der Waals surface area contributed by atoms with E-state index in [-0.39, 0.29) is 35.6 Å². The minimum atomic E-state index is -0.963. The number of aromatic nitrogens is 1. The summed E-state index contributed by atoms with van der Waals surface area (Å²) in [5.74, 6) is -3.57. The maximum Gasteiger partial charge on any atom is 0.276 e. The Balaban J connectivity index is 1.44. The average molecular weight is 416 g/mol. The molecule has 3 aliphatic rings. The minimum Gasteiger partial charge on any atom is -0.503 e. The molecule has 5 rings (SSSR count). The van der Waals surface area contributed by atoms with Gasteiger partial charge in [-0.1, -0.05) is 6.07 Å². The normalized spacial score (nSPS) is 24.0. The molecule has 8 nitrogen and oxygen atoms in total. The van der Waals surface area contributed by atoms with Crippen LogP contribution in [0.3, 0.4) is 0 Å². The topological polar surface area (TPSA) is 94.9 Å². The minimum absolute atomic E-state index is 0.0487. The summed E-state index contributed by atoms with van der Waals surface area (Å²) >= 11 is 0. The molecule has 2 bridgehead atoms. The highest BCUT2D eigenvalue weighted by Crippen LogP contribution is 2.36. The van der Waals surface area contributed by atoms with Crippen LogP contribution in [0.1, 0.15) is 32.8 Å². The van der Waals surface area contributed by atoms with Crippen LogP contribution in [0.15, 0.2) is 29.2 Å². The summed E-state index contributed by atoms with van der Waals surface area (Å²) in [6.07, 6.45) is 1.94. The summed E-state index contributed by atoms with van der Waals surface area (Å²) in [7, 11) is 0. The number of amides is 2. The van der Waals surface area contributed by atoms with Crippen molar-refractivity contribution in [1.29, 1.82) is 0 Å². The van der Waals surface area contributed by atoms with Crippen LogP contribution in [0.2, 0.25) is 0 Å². The molecule has 2 N–H and O–H groups in total. The summed E-state index contributed by atoms with van der Waals surface area (Å²) in [5.41, 5.74) is -1.38. The van der Waals surface area contributed by atoms with Gasteiger partial charge in [-0.2, -0.15) is 0 Å². The SMILES string of the molecule is O=C(NCc1ccc(F)cc1F)c1cn2c(c(O)c1=O)C(=O)N1C3CCN(C3)C1C2. The highest BCUT2D eigenvalue weighted by Gasteiger charge is 2.50. The Hall–Kier alpha value is -3.27. The fourth-order valence-corrected chi connectivity index (χ4v) is 4.60. The fourth-order valence-electron chi connectivity index (χ4n) is 4.60. The Bertz CT molecular complexity index is 1150. The lowest BCUT2D eigenvalue weighted by molar-refractivity contribution is 0.0319. The first-order valence-corrected chi connectivity index (χ1v) is 9.60. The highest BCUT2D eigenvalue weighted by molar-refractivity contribution is 5.99. The highest BCUT2D eigenvalue weighted by atomic mass is 19.1. The van der Waals surface area contributed by atoms with E-state index < -0.39 is 34.6 Å². The van der Waals surface area contributed by atoms with E-state index in [9.17, 15) is 28.3 Å². The van der Waals surface area contributed by atoms with Gasteiger partial charge in [0.25, 0.3) is 11.8 Å². The number of nitrogens with zero attached hydrogens (tertiary/aromatic N) is 3. The van der Waals surface area contributed by atoms with Gasteiger partial charge in [0, 0.05) is 43.5 Å². The number of carbonyl (C=O) groups excluding carboxylic acids is 2. The summed E-state index contributed by atoms with van der Waals surface area (Å²) in [5, 5.41) is 12.8. The number of nitrogens with one attached hydrogen (secondary N) is 1. The molecular formula is C20H18F2N4O4. The maximum absolute atomic E-state index is 13.8. The first-order valence-electron chi connectivity index (χ1n) is 9.60. The number of aromatic hydroxyl groups is 1. The van der Waals surface area contributed by atoms with Crippen molar-refractivity contribution in [1.82, 2.24) is 19.7 Å². The largest absolute Gasteiger partial charge is 0.503 e. The maximum atomic E-state index is 13.8. The van der Waals surface area contributed by atoms with Crippen LogP contribution in [-0.2, 0) is 13.1 Å². The van der Waals surface area contributed by atoms with Crippen molar-refractivity contribution in [2.75, 3.05) is 13.1 Å². The molecule has 0 radical (unpaired) electrons. The van der Waals surface area contributed by atoms with E-state index in [4.69, 9.17) is 0 Å². The molecule has 10 heteroatoms. The van der Waals surface area contributed by atoms with Gasteiger partial charge < -0.3 is 19.9 Å². The Morgan fingerprint density at radius 3 is 2.80 bits per heavy atom. The van der Waals surface area contributed by atoms with Gasteiger partial charge in [0.1, 0.15) is 23.4 Å². The molecule has 2 aromatic rings. The third kappa shape index (κ3) is 2.71. The Morgan fingerprint density at radius 2 is 2.03 bits per heavy atom. The van der Waals surface area contributed by atoms with Crippen LogP contribution in [0.25, 0.3) is 0 Å². The number of halogens is 2. The summed E-state index contributed by atoms with van der Waals surface area (Å²) < 4.78 is 28.2. The first kappa shape index (κ1) is 18.7. The van der Waals surface area contributed by atoms with Crippen molar-refractivity contribution in [3.63, 3.8) is 0 Å². The van der Waals surface area contributed by atoms with E-state index in [2.05, 4.69) is 10.2 Å². The van der Waals surface area contributed by atoms with Crippen molar-refractivity contribution in [2.45, 2.75) is 31.7 Å². The summed E-state index contributed by atoms with van der Waals surface area (Å²) in [6.45, 7) is 1.69. The number of rotatable bonds is 3. The third-order valence-electron chi connectivity index (χ3n) is 6.08. The summed E-state index contributed by atoms with van der Waals surface area (Å²) in [6, 6.07) is 3.02. The lowest BCUT2D eigenvalue weighted by Gasteiger charge is -2.40. The molecule has 0 aliphatic carbocycles. The zero-order valence-electron chi connectivity index (χ0n) is 15.8. The predicted octanol–water partition coefficient (Wildman–Crippen LogP) is 0.632. The van der Waals surface area contributed by atoms with Crippen LogP contribution in [-0.4, -0.2) is 56.6 Å². The molecule has 0 saturated carbocycles. The lowest BCUT2D eigenvalue weighted by atomic mass is 10.1. The fraction of sp³-hybridized carbons (Fsp3) is 0.350. The van der Waals surface area contributed by atoms with E-state index >= 15 is 0 Å². The molecule has 2 saturated heterocycles. The summed E-state index contributed by atoms with van der Waals surface area (Å²) in [4.78, 5) is 41.9. The number of fused-ring (bicyclic) bond motifs is 6. The monoisotopic (exact) mass is 416 g/mol. The second-order valence-corrected chi connectivity index (χ2v) is 7.77. The number of benzene rings is 1. The van der Waals surface area contributed by atoms with Gasteiger partial charge in [-0.05, 0) is 12.5 Å². The molecule has 4 heterocycles. The van der Waals surface area contributed by atoms with Gasteiger partial charge >= 0.3 is 0 Å². The molecular weight excluding hydrogens is 398 g/mol. The molecule has 1 aromatic carbocycles. The Labute approximate surface area is 169 Å². The molecule has 1 aromatic heterocycles. The molecule has 2 amide bonds.